The van der Waals surface area contributed by atoms with Crippen molar-refractivity contribution in [3.8, 4) is 22.9 Å². The second-order valence-electron chi connectivity index (χ2n) is 6.01. The van der Waals surface area contributed by atoms with Crippen molar-refractivity contribution >= 4 is 0 Å². The van der Waals surface area contributed by atoms with Crippen LogP contribution in [0.15, 0.2) is 72.8 Å². The van der Waals surface area contributed by atoms with Crippen LogP contribution in [0.5, 0.6) is 5.75 Å². The van der Waals surface area contributed by atoms with E-state index in [1.165, 1.54) is 6.07 Å². The number of benzene rings is 3. The van der Waals surface area contributed by atoms with Crippen molar-refractivity contribution in [3.63, 3.8) is 0 Å². The highest BCUT2D eigenvalue weighted by atomic mass is 19.4. The highest BCUT2D eigenvalue weighted by Crippen LogP contribution is 2.35. The van der Waals surface area contributed by atoms with Crippen LogP contribution in [0.4, 0.5) is 13.2 Å². The first-order valence-electron chi connectivity index (χ1n) is 8.31. The van der Waals surface area contributed by atoms with E-state index in [2.05, 4.69) is 0 Å². The van der Waals surface area contributed by atoms with Gasteiger partial charge in [-0.15, -0.1) is 0 Å². The first kappa shape index (κ1) is 18.5. The third-order valence-corrected chi connectivity index (χ3v) is 4.10. The van der Waals surface area contributed by atoms with Gasteiger partial charge in [0.25, 0.3) is 0 Å². The number of hydrogen-bond donors (Lipinski definition) is 0. The Bertz CT molecular complexity index is 959. The summed E-state index contributed by atoms with van der Waals surface area (Å²) in [7, 11) is 0. The number of nitriles is 1. The zero-order valence-corrected chi connectivity index (χ0v) is 14.3. The summed E-state index contributed by atoms with van der Waals surface area (Å²) in [6, 6.07) is 21.9. The van der Waals surface area contributed by atoms with Gasteiger partial charge in [-0.2, -0.15) is 18.4 Å². The van der Waals surface area contributed by atoms with E-state index in [-0.39, 0.29) is 6.42 Å². The van der Waals surface area contributed by atoms with Gasteiger partial charge >= 0.3 is 6.18 Å². The van der Waals surface area contributed by atoms with Crippen LogP contribution < -0.4 is 4.74 Å². The van der Waals surface area contributed by atoms with Crippen molar-refractivity contribution in [2.75, 3.05) is 0 Å². The fourth-order valence-electron chi connectivity index (χ4n) is 2.76. The number of nitrogens with zero attached hydrogens (tertiary/aromatic N) is 1. The van der Waals surface area contributed by atoms with E-state index < -0.39 is 11.7 Å². The standard InChI is InChI=1S/C22H16F3NO/c23-22(24,25)19-10-9-17(11-12-26)21(14-19)18-7-4-8-20(13-18)27-15-16-5-2-1-3-6-16/h1-10,13-14H,11,15H2. The molecule has 3 aromatic carbocycles. The maximum atomic E-state index is 13.1. The van der Waals surface area contributed by atoms with E-state index in [0.717, 1.165) is 17.7 Å². The fraction of sp³-hybridized carbons (Fsp3) is 0.136. The van der Waals surface area contributed by atoms with Crippen molar-refractivity contribution < 1.29 is 17.9 Å². The average Bonchev–Trinajstić information content (AvgIpc) is 2.67. The summed E-state index contributed by atoms with van der Waals surface area (Å²) in [6.45, 7) is 0.359. The van der Waals surface area contributed by atoms with Crippen LogP contribution in [-0.4, -0.2) is 0 Å². The molecular formula is C22H16F3NO. The predicted molar refractivity (Wildman–Crippen MR) is 97.0 cm³/mol. The average molecular weight is 367 g/mol. The molecule has 0 aliphatic rings. The van der Waals surface area contributed by atoms with Gasteiger partial charge in [0.1, 0.15) is 12.4 Å². The lowest BCUT2D eigenvalue weighted by Crippen LogP contribution is -2.05. The summed E-state index contributed by atoms with van der Waals surface area (Å²) in [5.41, 5.74) is 1.76. The highest BCUT2D eigenvalue weighted by Gasteiger charge is 2.31. The molecule has 3 aromatic rings. The zero-order chi connectivity index (χ0) is 19.3. The molecule has 27 heavy (non-hydrogen) atoms. The van der Waals surface area contributed by atoms with Gasteiger partial charge in [-0.25, -0.2) is 0 Å². The van der Waals surface area contributed by atoms with E-state index in [1.54, 1.807) is 24.3 Å². The molecule has 0 spiro atoms. The van der Waals surface area contributed by atoms with Crippen molar-refractivity contribution in [1.29, 1.82) is 5.26 Å². The van der Waals surface area contributed by atoms with Crippen molar-refractivity contribution in [1.82, 2.24) is 0 Å². The van der Waals surface area contributed by atoms with Gasteiger partial charge in [-0.1, -0.05) is 48.5 Å². The van der Waals surface area contributed by atoms with E-state index in [0.29, 0.717) is 29.0 Å². The first-order chi connectivity index (χ1) is 13.0. The second kappa shape index (κ2) is 7.96. The van der Waals surface area contributed by atoms with Crippen LogP contribution in [0.2, 0.25) is 0 Å². The second-order valence-corrected chi connectivity index (χ2v) is 6.01. The van der Waals surface area contributed by atoms with Gasteiger partial charge in [0.05, 0.1) is 18.1 Å². The molecule has 0 bridgehead atoms. The lowest BCUT2D eigenvalue weighted by atomic mass is 9.95. The molecule has 0 atom stereocenters. The number of alkyl halides is 3. The summed E-state index contributed by atoms with van der Waals surface area (Å²) < 4.78 is 45.1. The van der Waals surface area contributed by atoms with Gasteiger partial charge < -0.3 is 4.74 Å². The Morgan fingerprint density at radius 1 is 0.889 bits per heavy atom. The summed E-state index contributed by atoms with van der Waals surface area (Å²) in [5, 5.41) is 8.99. The first-order valence-corrected chi connectivity index (χ1v) is 8.31. The van der Waals surface area contributed by atoms with Gasteiger partial charge in [-0.3, -0.25) is 0 Å². The largest absolute Gasteiger partial charge is 0.489 e. The molecule has 0 aromatic heterocycles. The monoisotopic (exact) mass is 367 g/mol. The third kappa shape index (κ3) is 4.68. The number of halogens is 3. The van der Waals surface area contributed by atoms with Gasteiger partial charge in [-0.05, 0) is 46.5 Å². The van der Waals surface area contributed by atoms with Crippen LogP contribution in [0.25, 0.3) is 11.1 Å². The molecule has 0 aliphatic carbocycles. The van der Waals surface area contributed by atoms with E-state index in [4.69, 9.17) is 10.00 Å². The Kier molecular flexibility index (Phi) is 5.46. The van der Waals surface area contributed by atoms with E-state index in [9.17, 15) is 13.2 Å². The van der Waals surface area contributed by atoms with Crippen LogP contribution in [-0.2, 0) is 19.2 Å². The normalized spacial score (nSPS) is 11.0. The summed E-state index contributed by atoms with van der Waals surface area (Å²) in [4.78, 5) is 0. The predicted octanol–water partition coefficient (Wildman–Crippen LogP) is 6.02. The molecule has 0 amide bonds. The summed E-state index contributed by atoms with van der Waals surface area (Å²) >= 11 is 0. The smallest absolute Gasteiger partial charge is 0.416 e. The van der Waals surface area contributed by atoms with E-state index in [1.807, 2.05) is 36.4 Å². The Balaban J connectivity index is 1.92. The minimum absolute atomic E-state index is 0.0303. The van der Waals surface area contributed by atoms with E-state index >= 15 is 0 Å². The maximum Gasteiger partial charge on any atom is 0.416 e. The van der Waals surface area contributed by atoms with Crippen LogP contribution >= 0.6 is 0 Å². The van der Waals surface area contributed by atoms with Crippen molar-refractivity contribution in [2.24, 2.45) is 0 Å². The molecule has 0 unspecified atom stereocenters. The van der Waals surface area contributed by atoms with Gasteiger partial charge in [0.2, 0.25) is 0 Å². The molecule has 3 rings (SSSR count). The minimum atomic E-state index is -4.44. The molecule has 0 aliphatic heterocycles. The summed E-state index contributed by atoms with van der Waals surface area (Å²) in [5.74, 6) is 0.552. The topological polar surface area (TPSA) is 33.0 Å². The Morgan fingerprint density at radius 2 is 1.67 bits per heavy atom. The molecule has 136 valence electrons. The lowest BCUT2D eigenvalue weighted by molar-refractivity contribution is -0.137. The molecule has 0 N–H and O–H groups in total. The highest BCUT2D eigenvalue weighted by molar-refractivity contribution is 5.70. The maximum absolute atomic E-state index is 13.1. The molecule has 0 radical (unpaired) electrons. The molecule has 0 fully saturated rings. The van der Waals surface area contributed by atoms with Crippen molar-refractivity contribution in [2.45, 2.75) is 19.2 Å². The molecule has 0 saturated heterocycles. The van der Waals surface area contributed by atoms with Crippen LogP contribution in [0.1, 0.15) is 16.7 Å². The zero-order valence-electron chi connectivity index (χ0n) is 14.3. The molecule has 0 heterocycles. The van der Waals surface area contributed by atoms with Crippen molar-refractivity contribution in [3.05, 3.63) is 89.5 Å². The molecular weight excluding hydrogens is 351 g/mol. The number of hydrogen-bond acceptors (Lipinski definition) is 2. The number of rotatable bonds is 5. The third-order valence-electron chi connectivity index (χ3n) is 4.10. The lowest BCUT2D eigenvalue weighted by Gasteiger charge is -2.14. The summed E-state index contributed by atoms with van der Waals surface area (Å²) in [6.07, 6.45) is -4.41. The molecule has 5 heteroatoms. The Morgan fingerprint density at radius 3 is 2.37 bits per heavy atom. The van der Waals surface area contributed by atoms with Crippen LogP contribution in [0.3, 0.4) is 0 Å². The SMILES string of the molecule is N#CCc1ccc(C(F)(F)F)cc1-c1cccc(OCc2ccccc2)c1. The molecule has 2 nitrogen and oxygen atoms in total. The van der Waals surface area contributed by atoms with Gasteiger partial charge in [0.15, 0.2) is 0 Å². The number of ether oxygens (including phenoxy) is 1. The molecule has 0 saturated carbocycles. The van der Waals surface area contributed by atoms with Gasteiger partial charge in [0, 0.05) is 0 Å². The fourth-order valence-corrected chi connectivity index (χ4v) is 2.76. The minimum Gasteiger partial charge on any atom is -0.489 e. The Labute approximate surface area is 155 Å². The quantitative estimate of drug-likeness (QED) is 0.553. The Hall–Kier alpha value is -3.26. The van der Waals surface area contributed by atoms with Crippen LogP contribution in [0, 0.1) is 11.3 Å².